The third-order valence-electron chi connectivity index (χ3n) is 3.75. The topological polar surface area (TPSA) is 58.4 Å². The number of nitrogen functional groups attached to an aromatic ring is 1. The van der Waals surface area contributed by atoms with Gasteiger partial charge in [0.2, 0.25) is 5.91 Å². The van der Waals surface area contributed by atoms with Crippen molar-refractivity contribution in [2.75, 3.05) is 24.1 Å². The van der Waals surface area contributed by atoms with Gasteiger partial charge in [0.1, 0.15) is 0 Å². The van der Waals surface area contributed by atoms with Gasteiger partial charge >= 0.3 is 0 Å². The molecule has 4 nitrogen and oxygen atoms in total. The molecular weight excluding hydrogens is 286 g/mol. The minimum Gasteiger partial charge on any atom is -0.397 e. The van der Waals surface area contributed by atoms with Gasteiger partial charge in [-0.15, -0.1) is 0 Å². The zero-order chi connectivity index (χ0) is 15.8. The highest BCUT2D eigenvalue weighted by Crippen LogP contribution is 2.22. The van der Waals surface area contributed by atoms with E-state index >= 15 is 0 Å². The van der Waals surface area contributed by atoms with Gasteiger partial charge in [0, 0.05) is 18.2 Å². The monoisotopic (exact) mass is 311 g/mol. The lowest BCUT2D eigenvalue weighted by molar-refractivity contribution is -0.116. The van der Waals surface area contributed by atoms with Crippen LogP contribution in [0.4, 0.5) is 11.4 Å². The number of hydrogen-bond acceptors (Lipinski definition) is 3. The maximum Gasteiger partial charge on any atom is 0.224 e. The largest absolute Gasteiger partial charge is 0.397 e. The zero-order valence-electron chi connectivity index (χ0n) is 13.2. The van der Waals surface area contributed by atoms with Crippen molar-refractivity contribution in [3.8, 4) is 0 Å². The van der Waals surface area contributed by atoms with E-state index in [-0.39, 0.29) is 5.91 Å². The molecule has 1 amide bonds. The van der Waals surface area contributed by atoms with Crippen molar-refractivity contribution in [1.29, 1.82) is 0 Å². The Kier molecular flexibility index (Phi) is 7.54. The van der Waals surface area contributed by atoms with E-state index in [1.807, 2.05) is 0 Å². The van der Waals surface area contributed by atoms with Crippen LogP contribution in [-0.2, 0) is 4.79 Å². The summed E-state index contributed by atoms with van der Waals surface area (Å²) < 4.78 is 0. The molecule has 21 heavy (non-hydrogen) atoms. The van der Waals surface area contributed by atoms with Crippen molar-refractivity contribution in [2.24, 2.45) is 0 Å². The van der Waals surface area contributed by atoms with Gasteiger partial charge in [0.25, 0.3) is 0 Å². The van der Waals surface area contributed by atoms with E-state index < -0.39 is 0 Å². The van der Waals surface area contributed by atoms with Crippen LogP contribution >= 0.6 is 11.6 Å². The predicted octanol–water partition coefficient (Wildman–Crippen LogP) is 3.76. The Morgan fingerprint density at radius 3 is 2.71 bits per heavy atom. The minimum absolute atomic E-state index is 0.0110. The second-order valence-electron chi connectivity index (χ2n) is 5.27. The summed E-state index contributed by atoms with van der Waals surface area (Å²) in [6.07, 6.45) is 2.49. The van der Waals surface area contributed by atoms with Crippen LogP contribution in [0.5, 0.6) is 0 Å². The van der Waals surface area contributed by atoms with Crippen LogP contribution in [0.3, 0.4) is 0 Å². The Labute approximate surface area is 132 Å². The molecule has 1 aromatic carbocycles. The number of carbonyl (C=O) groups excluding carboxylic acids is 1. The van der Waals surface area contributed by atoms with Crippen LogP contribution in [0.1, 0.15) is 40.0 Å². The number of anilines is 2. The summed E-state index contributed by atoms with van der Waals surface area (Å²) in [6.45, 7) is 8.53. The van der Waals surface area contributed by atoms with Crippen molar-refractivity contribution in [3.05, 3.63) is 23.2 Å². The first-order valence-corrected chi connectivity index (χ1v) is 7.94. The molecule has 0 aliphatic carbocycles. The Bertz CT molecular complexity index is 465. The molecule has 1 unspecified atom stereocenters. The minimum atomic E-state index is 0.0110. The fourth-order valence-electron chi connectivity index (χ4n) is 2.24. The van der Waals surface area contributed by atoms with E-state index in [0.717, 1.165) is 25.9 Å². The van der Waals surface area contributed by atoms with Gasteiger partial charge in [-0.3, -0.25) is 4.79 Å². The number of carbonyl (C=O) groups is 1. The molecule has 3 N–H and O–H groups in total. The highest BCUT2D eigenvalue weighted by atomic mass is 35.5. The summed E-state index contributed by atoms with van der Waals surface area (Å²) in [5.41, 5.74) is 6.88. The molecule has 0 heterocycles. The molecule has 0 aliphatic rings. The van der Waals surface area contributed by atoms with E-state index in [1.54, 1.807) is 18.2 Å². The van der Waals surface area contributed by atoms with Crippen molar-refractivity contribution >= 4 is 28.9 Å². The van der Waals surface area contributed by atoms with Gasteiger partial charge in [0.15, 0.2) is 0 Å². The van der Waals surface area contributed by atoms with Gasteiger partial charge in [-0.25, -0.2) is 0 Å². The molecule has 118 valence electrons. The van der Waals surface area contributed by atoms with Crippen LogP contribution in [0.2, 0.25) is 5.02 Å². The number of amides is 1. The normalized spacial score (nSPS) is 12.4. The van der Waals surface area contributed by atoms with Crippen molar-refractivity contribution in [3.63, 3.8) is 0 Å². The Morgan fingerprint density at radius 1 is 1.43 bits per heavy atom. The Morgan fingerprint density at radius 2 is 2.14 bits per heavy atom. The third kappa shape index (κ3) is 5.94. The second kappa shape index (κ2) is 8.90. The quantitative estimate of drug-likeness (QED) is 0.719. The summed E-state index contributed by atoms with van der Waals surface area (Å²) in [7, 11) is 0. The first-order valence-electron chi connectivity index (χ1n) is 7.56. The first kappa shape index (κ1) is 17.8. The van der Waals surface area contributed by atoms with E-state index in [4.69, 9.17) is 17.3 Å². The van der Waals surface area contributed by atoms with Crippen LogP contribution < -0.4 is 11.1 Å². The molecule has 0 aliphatic heterocycles. The summed E-state index contributed by atoms with van der Waals surface area (Å²) in [5, 5.41) is 3.35. The maximum absolute atomic E-state index is 11.9. The number of rotatable bonds is 8. The van der Waals surface area contributed by atoms with E-state index in [2.05, 4.69) is 31.0 Å². The number of hydrogen-bond donors (Lipinski definition) is 2. The van der Waals surface area contributed by atoms with Crippen LogP contribution in [-0.4, -0.2) is 29.9 Å². The highest BCUT2D eigenvalue weighted by molar-refractivity contribution is 6.33. The van der Waals surface area contributed by atoms with Crippen molar-refractivity contribution in [2.45, 2.75) is 46.1 Å². The second-order valence-corrected chi connectivity index (χ2v) is 5.68. The number of nitrogens with two attached hydrogens (primary N) is 1. The molecule has 1 aromatic rings. The number of halogens is 1. The molecule has 0 saturated heterocycles. The Balaban J connectivity index is 2.38. The number of benzene rings is 1. The standard InChI is InChI=1S/C16H26ClN3O/c1-4-12(3)20(5-2)10-6-7-16(21)19-13-8-9-14(17)15(18)11-13/h8-9,11-12H,4-7,10,18H2,1-3H3,(H,19,21). The van der Waals surface area contributed by atoms with Gasteiger partial charge < -0.3 is 16.0 Å². The molecule has 1 atom stereocenters. The Hall–Kier alpha value is -1.26. The molecule has 0 spiro atoms. The third-order valence-corrected chi connectivity index (χ3v) is 4.09. The molecular formula is C16H26ClN3O. The first-order chi connectivity index (χ1) is 9.97. The lowest BCUT2D eigenvalue weighted by atomic mass is 10.2. The number of nitrogens with one attached hydrogen (secondary N) is 1. The average molecular weight is 312 g/mol. The fraction of sp³-hybridized carbons (Fsp3) is 0.562. The smallest absolute Gasteiger partial charge is 0.224 e. The SMILES string of the molecule is CCC(C)N(CC)CCCC(=O)Nc1ccc(Cl)c(N)c1. The average Bonchev–Trinajstić information content (AvgIpc) is 2.46. The summed E-state index contributed by atoms with van der Waals surface area (Å²) in [4.78, 5) is 14.3. The molecule has 1 rings (SSSR count). The van der Waals surface area contributed by atoms with E-state index in [1.165, 1.54) is 0 Å². The maximum atomic E-state index is 11.9. The van der Waals surface area contributed by atoms with Crippen LogP contribution in [0.25, 0.3) is 0 Å². The van der Waals surface area contributed by atoms with Gasteiger partial charge in [-0.2, -0.15) is 0 Å². The zero-order valence-corrected chi connectivity index (χ0v) is 13.9. The molecule has 0 bridgehead atoms. The van der Waals surface area contributed by atoms with Gasteiger partial charge in [-0.1, -0.05) is 25.4 Å². The van der Waals surface area contributed by atoms with E-state index in [0.29, 0.717) is 28.9 Å². The summed E-state index contributed by atoms with van der Waals surface area (Å²) in [5.74, 6) is 0.0110. The van der Waals surface area contributed by atoms with Gasteiger partial charge in [-0.05, 0) is 51.1 Å². The van der Waals surface area contributed by atoms with Gasteiger partial charge in [0.05, 0.1) is 10.7 Å². The lowest BCUT2D eigenvalue weighted by Crippen LogP contribution is -2.33. The predicted molar refractivity (Wildman–Crippen MR) is 90.7 cm³/mol. The molecule has 0 aromatic heterocycles. The van der Waals surface area contributed by atoms with Crippen LogP contribution in [0, 0.1) is 0 Å². The fourth-order valence-corrected chi connectivity index (χ4v) is 2.35. The van der Waals surface area contributed by atoms with Crippen molar-refractivity contribution in [1.82, 2.24) is 4.90 Å². The van der Waals surface area contributed by atoms with Crippen molar-refractivity contribution < 1.29 is 4.79 Å². The van der Waals surface area contributed by atoms with E-state index in [9.17, 15) is 4.79 Å². The number of nitrogens with zero attached hydrogens (tertiary/aromatic N) is 1. The highest BCUT2D eigenvalue weighted by Gasteiger charge is 2.10. The molecule has 5 heteroatoms. The lowest BCUT2D eigenvalue weighted by Gasteiger charge is -2.26. The summed E-state index contributed by atoms with van der Waals surface area (Å²) in [6, 6.07) is 5.69. The molecule has 0 fully saturated rings. The molecule has 0 saturated carbocycles. The summed E-state index contributed by atoms with van der Waals surface area (Å²) >= 11 is 5.85. The van der Waals surface area contributed by atoms with Crippen LogP contribution in [0.15, 0.2) is 18.2 Å². The molecule has 0 radical (unpaired) electrons.